The molecule has 1 amide bonds. The number of amides is 1. The van der Waals surface area contributed by atoms with Crippen LogP contribution in [0.1, 0.15) is 12.0 Å². The fourth-order valence-corrected chi connectivity index (χ4v) is 2.33. The summed E-state index contributed by atoms with van der Waals surface area (Å²) in [6.45, 7) is 0.474. The molecule has 0 aromatic carbocycles. The van der Waals surface area contributed by atoms with Crippen molar-refractivity contribution in [3.63, 3.8) is 0 Å². The number of anilines is 1. The number of nitrogens with zero attached hydrogens (tertiary/aromatic N) is 1. The number of alkyl halides is 3. The van der Waals surface area contributed by atoms with Gasteiger partial charge in [-0.05, 0) is 6.07 Å². The summed E-state index contributed by atoms with van der Waals surface area (Å²) in [6, 6.07) is 0.761. The highest BCUT2D eigenvalue weighted by Crippen LogP contribution is 2.32. The molecule has 0 bridgehead atoms. The minimum absolute atomic E-state index is 0.0322. The number of aliphatic carboxylic acids is 1. The number of pyridine rings is 1. The summed E-state index contributed by atoms with van der Waals surface area (Å²) in [4.78, 5) is 25.4. The van der Waals surface area contributed by atoms with Crippen molar-refractivity contribution >= 4 is 41.1 Å². The van der Waals surface area contributed by atoms with Crippen molar-refractivity contribution in [3.8, 4) is 0 Å². The van der Waals surface area contributed by atoms with Crippen LogP contribution in [0.3, 0.4) is 0 Å². The van der Waals surface area contributed by atoms with Gasteiger partial charge in [-0.1, -0.05) is 11.6 Å². The molecule has 1 aromatic heterocycles. The Kier molecular flexibility index (Phi) is 8.13. The second kappa shape index (κ2) is 9.58. The van der Waals surface area contributed by atoms with E-state index in [1.165, 1.54) is 11.8 Å². The first-order chi connectivity index (χ1) is 11.2. The number of hydrogen-bond donors (Lipinski definition) is 3. The lowest BCUT2D eigenvalue weighted by Gasteiger charge is -2.10. The smallest absolute Gasteiger partial charge is 0.417 e. The number of rotatable bonds is 9. The molecule has 3 N–H and O–H groups in total. The molecule has 0 aliphatic carbocycles. The zero-order chi connectivity index (χ0) is 18.2. The van der Waals surface area contributed by atoms with Crippen LogP contribution in [0, 0.1) is 0 Å². The molecule has 1 heterocycles. The van der Waals surface area contributed by atoms with Crippen molar-refractivity contribution in [1.82, 2.24) is 10.3 Å². The lowest BCUT2D eigenvalue weighted by atomic mass is 10.2. The Labute approximate surface area is 145 Å². The third kappa shape index (κ3) is 7.73. The maximum atomic E-state index is 12.5. The summed E-state index contributed by atoms with van der Waals surface area (Å²) in [5.41, 5.74) is -0.949. The van der Waals surface area contributed by atoms with Crippen LogP contribution in [0.4, 0.5) is 19.0 Å². The second-order valence-electron chi connectivity index (χ2n) is 4.53. The van der Waals surface area contributed by atoms with Gasteiger partial charge in [-0.3, -0.25) is 9.59 Å². The van der Waals surface area contributed by atoms with Crippen molar-refractivity contribution in [2.75, 3.05) is 29.9 Å². The van der Waals surface area contributed by atoms with E-state index in [4.69, 9.17) is 16.7 Å². The lowest BCUT2D eigenvalue weighted by Crippen LogP contribution is -2.27. The summed E-state index contributed by atoms with van der Waals surface area (Å²) >= 11 is 6.90. The topological polar surface area (TPSA) is 91.3 Å². The van der Waals surface area contributed by atoms with E-state index >= 15 is 0 Å². The van der Waals surface area contributed by atoms with Gasteiger partial charge >= 0.3 is 12.1 Å². The molecule has 6 nitrogen and oxygen atoms in total. The van der Waals surface area contributed by atoms with Gasteiger partial charge in [-0.2, -0.15) is 13.2 Å². The number of carbonyl (C=O) groups excluding carboxylic acids is 1. The first-order valence-corrected chi connectivity index (χ1v) is 8.26. The van der Waals surface area contributed by atoms with E-state index in [-0.39, 0.29) is 35.5 Å². The number of hydrogen-bond acceptors (Lipinski definition) is 5. The molecular formula is C13H15ClF3N3O3S. The number of nitrogens with one attached hydrogen (secondary N) is 2. The van der Waals surface area contributed by atoms with Crippen molar-refractivity contribution < 1.29 is 27.9 Å². The van der Waals surface area contributed by atoms with Gasteiger partial charge in [0.05, 0.1) is 16.3 Å². The number of carbonyl (C=O) groups is 2. The zero-order valence-electron chi connectivity index (χ0n) is 12.3. The van der Waals surface area contributed by atoms with E-state index in [1.54, 1.807) is 0 Å². The van der Waals surface area contributed by atoms with E-state index in [0.717, 1.165) is 6.07 Å². The van der Waals surface area contributed by atoms with E-state index in [1.807, 2.05) is 0 Å². The molecule has 1 rings (SSSR count). The first-order valence-electron chi connectivity index (χ1n) is 6.73. The molecule has 0 saturated heterocycles. The summed E-state index contributed by atoms with van der Waals surface area (Å²) in [7, 11) is 0. The highest BCUT2D eigenvalue weighted by molar-refractivity contribution is 7.99. The monoisotopic (exact) mass is 385 g/mol. The van der Waals surface area contributed by atoms with Gasteiger partial charge in [0.15, 0.2) is 0 Å². The molecule has 1 aromatic rings. The molecule has 0 radical (unpaired) electrons. The van der Waals surface area contributed by atoms with Crippen LogP contribution in [0.25, 0.3) is 0 Å². The van der Waals surface area contributed by atoms with Crippen LogP contribution < -0.4 is 10.6 Å². The minimum atomic E-state index is -4.52. The van der Waals surface area contributed by atoms with Gasteiger partial charge in [0.2, 0.25) is 5.91 Å². The normalized spacial score (nSPS) is 11.2. The van der Waals surface area contributed by atoms with Gasteiger partial charge in [-0.25, -0.2) is 4.98 Å². The number of aromatic nitrogens is 1. The molecule has 0 aliphatic heterocycles. The van der Waals surface area contributed by atoms with E-state index < -0.39 is 17.7 Å². The Morgan fingerprint density at radius 1 is 1.33 bits per heavy atom. The molecule has 0 aliphatic rings. The van der Waals surface area contributed by atoms with Crippen LogP contribution in [-0.2, 0) is 15.8 Å². The molecule has 0 unspecified atom stereocenters. The molecule has 0 fully saturated rings. The highest BCUT2D eigenvalue weighted by atomic mass is 35.5. The van der Waals surface area contributed by atoms with Crippen LogP contribution in [0.5, 0.6) is 0 Å². The van der Waals surface area contributed by atoms with Crippen LogP contribution in [0.2, 0.25) is 5.02 Å². The lowest BCUT2D eigenvalue weighted by molar-refractivity contribution is -0.138. The fourth-order valence-electron chi connectivity index (χ4n) is 1.53. The Hall–Kier alpha value is -1.68. The molecule has 0 atom stereocenters. The number of carboxylic acid groups (broad SMARTS) is 1. The average molecular weight is 386 g/mol. The SMILES string of the molecule is O=C(O)CSCCNC(=O)CCNc1ncc(C(F)(F)F)cc1Cl. The number of carboxylic acids is 1. The maximum absolute atomic E-state index is 12.5. The maximum Gasteiger partial charge on any atom is 0.417 e. The number of thioether (sulfide) groups is 1. The van der Waals surface area contributed by atoms with Crippen LogP contribution in [0.15, 0.2) is 12.3 Å². The van der Waals surface area contributed by atoms with Gasteiger partial charge in [0, 0.05) is 31.5 Å². The second-order valence-corrected chi connectivity index (χ2v) is 6.04. The van der Waals surface area contributed by atoms with E-state index in [0.29, 0.717) is 18.5 Å². The van der Waals surface area contributed by atoms with Crippen molar-refractivity contribution in [3.05, 3.63) is 22.8 Å². The summed E-state index contributed by atoms with van der Waals surface area (Å²) < 4.78 is 37.4. The summed E-state index contributed by atoms with van der Waals surface area (Å²) in [6.07, 6.45) is -3.79. The fraction of sp³-hybridized carbons (Fsp3) is 0.462. The standard InChI is InChI=1S/C13H15ClF3N3O3S/c14-9-5-8(13(15,16)17)6-20-12(9)19-2-1-10(21)18-3-4-24-7-11(22)23/h5-6H,1-4,7H2,(H,18,21)(H,19,20)(H,22,23). The first kappa shape index (κ1) is 20.4. The van der Waals surface area contributed by atoms with Crippen LogP contribution >= 0.6 is 23.4 Å². The van der Waals surface area contributed by atoms with Crippen molar-refractivity contribution in [2.45, 2.75) is 12.6 Å². The molecule has 11 heteroatoms. The van der Waals surface area contributed by atoms with Gasteiger partial charge in [0.1, 0.15) is 5.82 Å². The molecule has 134 valence electrons. The zero-order valence-corrected chi connectivity index (χ0v) is 13.9. The predicted molar refractivity (Wildman–Crippen MR) is 85.3 cm³/mol. The summed E-state index contributed by atoms with van der Waals surface area (Å²) in [5.74, 6) is -0.694. The van der Waals surface area contributed by atoms with Gasteiger partial charge in [-0.15, -0.1) is 11.8 Å². The van der Waals surface area contributed by atoms with Gasteiger partial charge in [0.25, 0.3) is 0 Å². The highest BCUT2D eigenvalue weighted by Gasteiger charge is 2.31. The third-order valence-corrected chi connectivity index (χ3v) is 3.84. The average Bonchev–Trinajstić information content (AvgIpc) is 2.47. The van der Waals surface area contributed by atoms with E-state index in [9.17, 15) is 22.8 Å². The largest absolute Gasteiger partial charge is 0.481 e. The quantitative estimate of drug-likeness (QED) is 0.566. The van der Waals surface area contributed by atoms with E-state index in [2.05, 4.69) is 15.6 Å². The Morgan fingerprint density at radius 3 is 2.62 bits per heavy atom. The Bertz CT molecular complexity index is 587. The molecular weight excluding hydrogens is 371 g/mol. The Morgan fingerprint density at radius 2 is 2.04 bits per heavy atom. The van der Waals surface area contributed by atoms with Crippen molar-refractivity contribution in [2.24, 2.45) is 0 Å². The Balaban J connectivity index is 2.29. The van der Waals surface area contributed by atoms with Crippen molar-refractivity contribution in [1.29, 1.82) is 0 Å². The number of halogens is 4. The summed E-state index contributed by atoms with van der Waals surface area (Å²) in [5, 5.41) is 13.5. The minimum Gasteiger partial charge on any atom is -0.481 e. The molecule has 0 saturated carbocycles. The third-order valence-electron chi connectivity index (χ3n) is 2.61. The van der Waals surface area contributed by atoms with Gasteiger partial charge < -0.3 is 15.7 Å². The predicted octanol–water partition coefficient (Wildman–Crippen LogP) is 2.49. The molecule has 0 spiro atoms. The molecule has 24 heavy (non-hydrogen) atoms. The van der Waals surface area contributed by atoms with Crippen LogP contribution in [-0.4, -0.2) is 46.6 Å².